The maximum absolute atomic E-state index is 13.2. The van der Waals surface area contributed by atoms with Crippen LogP contribution in [0.15, 0.2) is 31.6 Å². The summed E-state index contributed by atoms with van der Waals surface area (Å²) >= 11 is 12.6. The minimum Gasteiger partial charge on any atom is -0.436 e. The van der Waals surface area contributed by atoms with Crippen LogP contribution in [-0.2, 0) is 0 Å². The SMILES string of the molecule is Cc1c(Br)c(N)c(Br)c2nc(-c3ccc(F)c(Cl)c3)oc12. The van der Waals surface area contributed by atoms with Gasteiger partial charge in [0.25, 0.3) is 0 Å². The molecule has 1 aromatic heterocycles. The van der Waals surface area contributed by atoms with E-state index in [0.717, 1.165) is 10.0 Å². The van der Waals surface area contributed by atoms with E-state index in [1.54, 1.807) is 6.07 Å². The van der Waals surface area contributed by atoms with E-state index in [-0.39, 0.29) is 5.02 Å². The Morgan fingerprint density at radius 3 is 2.67 bits per heavy atom. The van der Waals surface area contributed by atoms with Gasteiger partial charge in [-0.1, -0.05) is 11.6 Å². The van der Waals surface area contributed by atoms with Crippen molar-refractivity contribution in [3.63, 3.8) is 0 Å². The molecular formula is C14H8Br2ClFN2O. The van der Waals surface area contributed by atoms with E-state index in [9.17, 15) is 4.39 Å². The van der Waals surface area contributed by atoms with Gasteiger partial charge in [0, 0.05) is 15.6 Å². The van der Waals surface area contributed by atoms with Gasteiger partial charge in [-0.25, -0.2) is 9.37 Å². The van der Waals surface area contributed by atoms with E-state index >= 15 is 0 Å². The van der Waals surface area contributed by atoms with Crippen LogP contribution < -0.4 is 5.73 Å². The average molecular weight is 434 g/mol. The Balaban J connectivity index is 2.28. The zero-order chi connectivity index (χ0) is 15.3. The number of hydrogen-bond donors (Lipinski definition) is 1. The Labute approximate surface area is 141 Å². The molecule has 0 spiro atoms. The number of aryl methyl sites for hydroxylation is 1. The Bertz CT molecular complexity index is 834. The third kappa shape index (κ3) is 2.35. The molecule has 0 amide bonds. The fourth-order valence-electron chi connectivity index (χ4n) is 2.00. The maximum Gasteiger partial charge on any atom is 0.227 e. The van der Waals surface area contributed by atoms with Crippen molar-refractivity contribution < 1.29 is 8.81 Å². The largest absolute Gasteiger partial charge is 0.436 e. The zero-order valence-electron chi connectivity index (χ0n) is 10.7. The molecule has 1 heterocycles. The molecule has 0 atom stereocenters. The van der Waals surface area contributed by atoms with Crippen LogP contribution in [0.2, 0.25) is 5.02 Å². The van der Waals surface area contributed by atoms with E-state index in [0.29, 0.717) is 32.7 Å². The van der Waals surface area contributed by atoms with Crippen molar-refractivity contribution >= 4 is 60.2 Å². The third-order valence-corrected chi connectivity index (χ3v) is 5.26. The topological polar surface area (TPSA) is 52.0 Å². The van der Waals surface area contributed by atoms with E-state index in [4.69, 9.17) is 21.8 Å². The number of hydrogen-bond acceptors (Lipinski definition) is 3. The molecule has 108 valence electrons. The molecule has 3 aromatic rings. The van der Waals surface area contributed by atoms with Gasteiger partial charge in [0.15, 0.2) is 5.58 Å². The normalized spacial score (nSPS) is 11.3. The molecule has 0 fully saturated rings. The van der Waals surface area contributed by atoms with Gasteiger partial charge in [0.1, 0.15) is 11.3 Å². The molecule has 3 rings (SSSR count). The smallest absolute Gasteiger partial charge is 0.227 e. The van der Waals surface area contributed by atoms with Crippen molar-refractivity contribution in [1.29, 1.82) is 0 Å². The summed E-state index contributed by atoms with van der Waals surface area (Å²) in [6.45, 7) is 1.88. The second kappa shape index (κ2) is 5.26. The van der Waals surface area contributed by atoms with Gasteiger partial charge in [0.05, 0.1) is 15.2 Å². The lowest BCUT2D eigenvalue weighted by molar-refractivity contribution is 0.614. The van der Waals surface area contributed by atoms with Crippen LogP contribution in [0.25, 0.3) is 22.6 Å². The first-order valence-electron chi connectivity index (χ1n) is 5.89. The van der Waals surface area contributed by atoms with Crippen molar-refractivity contribution in [1.82, 2.24) is 4.98 Å². The van der Waals surface area contributed by atoms with Crippen molar-refractivity contribution in [3.8, 4) is 11.5 Å². The molecule has 0 aliphatic heterocycles. The van der Waals surface area contributed by atoms with Crippen LogP contribution in [0.1, 0.15) is 5.56 Å². The van der Waals surface area contributed by atoms with E-state index < -0.39 is 5.82 Å². The summed E-state index contributed by atoms with van der Waals surface area (Å²) in [5.74, 6) is -0.130. The number of aromatic nitrogens is 1. The predicted molar refractivity (Wildman–Crippen MR) is 89.0 cm³/mol. The Morgan fingerprint density at radius 1 is 1.29 bits per heavy atom. The zero-order valence-corrected chi connectivity index (χ0v) is 14.6. The first kappa shape index (κ1) is 14.8. The molecule has 0 saturated carbocycles. The van der Waals surface area contributed by atoms with Crippen LogP contribution >= 0.6 is 43.5 Å². The van der Waals surface area contributed by atoms with Crippen LogP contribution in [0.3, 0.4) is 0 Å². The molecular weight excluding hydrogens is 426 g/mol. The van der Waals surface area contributed by atoms with Crippen LogP contribution in [0.5, 0.6) is 0 Å². The molecule has 0 unspecified atom stereocenters. The molecule has 0 aliphatic carbocycles. The molecule has 0 saturated heterocycles. The average Bonchev–Trinajstić information content (AvgIpc) is 2.91. The van der Waals surface area contributed by atoms with Crippen LogP contribution in [0, 0.1) is 12.7 Å². The highest BCUT2D eigenvalue weighted by molar-refractivity contribution is 9.11. The monoisotopic (exact) mass is 432 g/mol. The summed E-state index contributed by atoms with van der Waals surface area (Å²) < 4.78 is 20.4. The summed E-state index contributed by atoms with van der Waals surface area (Å²) in [6, 6.07) is 4.32. The van der Waals surface area contributed by atoms with E-state index in [1.807, 2.05) is 6.92 Å². The number of fused-ring (bicyclic) bond motifs is 1. The lowest BCUT2D eigenvalue weighted by atomic mass is 10.2. The minimum absolute atomic E-state index is 0.0197. The maximum atomic E-state index is 13.2. The number of benzene rings is 2. The van der Waals surface area contributed by atoms with Gasteiger partial charge in [0.2, 0.25) is 5.89 Å². The molecule has 2 aromatic carbocycles. The van der Waals surface area contributed by atoms with Crippen molar-refractivity contribution in [2.45, 2.75) is 6.92 Å². The van der Waals surface area contributed by atoms with Crippen LogP contribution in [-0.4, -0.2) is 4.98 Å². The number of nitrogen functional groups attached to an aromatic ring is 1. The summed E-state index contributed by atoms with van der Waals surface area (Å²) in [5.41, 5.74) is 9.21. The minimum atomic E-state index is -0.485. The Morgan fingerprint density at radius 2 is 2.00 bits per heavy atom. The lowest BCUT2D eigenvalue weighted by Crippen LogP contribution is -1.92. The number of anilines is 1. The van der Waals surface area contributed by atoms with Crippen molar-refractivity contribution in [2.75, 3.05) is 5.73 Å². The highest BCUT2D eigenvalue weighted by Gasteiger charge is 2.19. The molecule has 0 aliphatic rings. The summed E-state index contributed by atoms with van der Waals surface area (Å²) in [6.07, 6.45) is 0. The van der Waals surface area contributed by atoms with Crippen LogP contribution in [0.4, 0.5) is 10.1 Å². The molecule has 21 heavy (non-hydrogen) atoms. The summed E-state index contributed by atoms with van der Waals surface area (Å²) in [5, 5.41) is 0.0197. The lowest BCUT2D eigenvalue weighted by Gasteiger charge is -2.05. The van der Waals surface area contributed by atoms with Gasteiger partial charge < -0.3 is 10.2 Å². The van der Waals surface area contributed by atoms with Gasteiger partial charge in [-0.15, -0.1) is 0 Å². The number of oxazole rings is 1. The molecule has 0 radical (unpaired) electrons. The molecule has 7 heteroatoms. The van der Waals surface area contributed by atoms with Gasteiger partial charge in [-0.2, -0.15) is 0 Å². The second-order valence-corrected chi connectivity index (χ2v) is 6.49. The molecule has 0 bridgehead atoms. The third-order valence-electron chi connectivity index (χ3n) is 3.14. The highest BCUT2D eigenvalue weighted by Crippen LogP contribution is 2.40. The fourth-order valence-corrected chi connectivity index (χ4v) is 3.29. The van der Waals surface area contributed by atoms with Gasteiger partial charge in [-0.05, 0) is 57.0 Å². The fraction of sp³-hybridized carbons (Fsp3) is 0.0714. The predicted octanol–water partition coefficient (Wildman–Crippen LogP) is 5.70. The van der Waals surface area contributed by atoms with Crippen molar-refractivity contribution in [2.24, 2.45) is 0 Å². The second-order valence-electron chi connectivity index (χ2n) is 4.49. The number of halogens is 4. The standard InChI is InChI=1S/C14H8Br2ClFN2O/c1-5-9(15)11(19)10(16)12-13(5)21-14(20-12)6-2-3-8(18)7(17)4-6/h2-4H,19H2,1H3. The number of nitrogens with zero attached hydrogens (tertiary/aromatic N) is 1. The number of rotatable bonds is 1. The first-order valence-corrected chi connectivity index (χ1v) is 7.85. The van der Waals surface area contributed by atoms with Gasteiger partial charge >= 0.3 is 0 Å². The highest BCUT2D eigenvalue weighted by atomic mass is 79.9. The Hall–Kier alpha value is -1.11. The summed E-state index contributed by atoms with van der Waals surface area (Å²) in [4.78, 5) is 4.42. The summed E-state index contributed by atoms with van der Waals surface area (Å²) in [7, 11) is 0. The molecule has 3 nitrogen and oxygen atoms in total. The number of nitrogens with two attached hydrogens (primary N) is 1. The first-order chi connectivity index (χ1) is 9.90. The van der Waals surface area contributed by atoms with E-state index in [1.165, 1.54) is 12.1 Å². The Kier molecular flexibility index (Phi) is 3.71. The van der Waals surface area contributed by atoms with Crippen molar-refractivity contribution in [3.05, 3.63) is 43.5 Å². The van der Waals surface area contributed by atoms with E-state index in [2.05, 4.69) is 36.8 Å². The molecule has 2 N–H and O–H groups in total. The quantitative estimate of drug-likeness (QED) is 0.500. The van der Waals surface area contributed by atoms with Gasteiger partial charge in [-0.3, -0.25) is 0 Å².